The smallest absolute Gasteiger partial charge is 0.276 e. The molecule has 0 bridgehead atoms. The number of hydrogen-bond acceptors (Lipinski definition) is 3. The van der Waals surface area contributed by atoms with E-state index in [9.17, 15) is 13.2 Å². The minimum atomic E-state index is -4.38. The van der Waals surface area contributed by atoms with Gasteiger partial charge in [0, 0.05) is 12.4 Å². The van der Waals surface area contributed by atoms with Gasteiger partial charge in [-0.15, -0.1) is 0 Å². The van der Waals surface area contributed by atoms with Gasteiger partial charge in [0.2, 0.25) is 0 Å². The maximum absolute atomic E-state index is 12.9. The van der Waals surface area contributed by atoms with E-state index in [0.717, 1.165) is 17.8 Å². The number of alkyl halides is 3. The lowest BCUT2D eigenvalue weighted by molar-refractivity contribution is -0.137. The zero-order chi connectivity index (χ0) is 17.9. The molecule has 0 N–H and O–H groups in total. The number of imidazole rings is 1. The highest BCUT2D eigenvalue weighted by atomic mass is 19.4. The fourth-order valence-corrected chi connectivity index (χ4v) is 2.43. The lowest BCUT2D eigenvalue weighted by Crippen LogP contribution is -2.27. The first-order valence-corrected chi connectivity index (χ1v) is 7.39. The molecule has 0 aliphatic carbocycles. The molecule has 0 saturated carbocycles. The maximum atomic E-state index is 12.9. The van der Waals surface area contributed by atoms with E-state index in [-0.39, 0.29) is 6.54 Å². The lowest BCUT2D eigenvalue weighted by atomic mass is 10.1. The summed E-state index contributed by atoms with van der Waals surface area (Å²) in [7, 11) is 0. The SMILES string of the molecule is N#Cc1ccc(N(Cc2cccc(C(F)(F)F)c2)n2ccnc2)cc1. The first-order chi connectivity index (χ1) is 12.0. The van der Waals surface area contributed by atoms with Gasteiger partial charge in [-0.05, 0) is 42.0 Å². The van der Waals surface area contributed by atoms with Gasteiger partial charge in [-0.2, -0.15) is 18.4 Å². The molecule has 0 aliphatic heterocycles. The molecule has 1 heterocycles. The van der Waals surface area contributed by atoms with Crippen molar-refractivity contribution in [3.63, 3.8) is 0 Å². The zero-order valence-electron chi connectivity index (χ0n) is 13.0. The number of aromatic nitrogens is 2. The Morgan fingerprint density at radius 3 is 2.48 bits per heavy atom. The average molecular weight is 342 g/mol. The van der Waals surface area contributed by atoms with Crippen LogP contribution in [-0.4, -0.2) is 9.66 Å². The van der Waals surface area contributed by atoms with Gasteiger partial charge in [-0.1, -0.05) is 12.1 Å². The summed E-state index contributed by atoms with van der Waals surface area (Å²) in [6.07, 6.45) is 0.463. The number of anilines is 1. The fourth-order valence-electron chi connectivity index (χ4n) is 2.43. The van der Waals surface area contributed by atoms with Crippen molar-refractivity contribution < 1.29 is 13.2 Å². The summed E-state index contributed by atoms with van der Waals surface area (Å²) in [6.45, 7) is 0.214. The van der Waals surface area contributed by atoms with Crippen LogP contribution in [0.25, 0.3) is 0 Å². The predicted octanol–water partition coefficient (Wildman–Crippen LogP) is 4.24. The molecule has 0 amide bonds. The average Bonchev–Trinajstić information content (AvgIpc) is 3.14. The minimum Gasteiger partial charge on any atom is -0.276 e. The molecule has 0 fully saturated rings. The van der Waals surface area contributed by atoms with Crippen LogP contribution in [0.1, 0.15) is 16.7 Å². The van der Waals surface area contributed by atoms with Crippen LogP contribution in [-0.2, 0) is 12.7 Å². The van der Waals surface area contributed by atoms with Crippen LogP contribution < -0.4 is 5.01 Å². The molecule has 1 aromatic heterocycles. The normalized spacial score (nSPS) is 11.1. The van der Waals surface area contributed by atoms with E-state index in [2.05, 4.69) is 4.98 Å². The van der Waals surface area contributed by atoms with Gasteiger partial charge in [0.1, 0.15) is 6.33 Å². The van der Waals surface area contributed by atoms with Crippen LogP contribution in [0.4, 0.5) is 18.9 Å². The van der Waals surface area contributed by atoms with Crippen molar-refractivity contribution in [2.24, 2.45) is 0 Å². The Morgan fingerprint density at radius 1 is 1.12 bits per heavy atom. The van der Waals surface area contributed by atoms with Crippen molar-refractivity contribution in [2.45, 2.75) is 12.7 Å². The molecule has 25 heavy (non-hydrogen) atoms. The number of nitrogens with zero attached hydrogens (tertiary/aromatic N) is 4. The third kappa shape index (κ3) is 3.80. The van der Waals surface area contributed by atoms with Crippen LogP contribution in [0.5, 0.6) is 0 Å². The van der Waals surface area contributed by atoms with Crippen molar-refractivity contribution in [3.05, 3.63) is 83.9 Å². The highest BCUT2D eigenvalue weighted by Gasteiger charge is 2.30. The summed E-state index contributed by atoms with van der Waals surface area (Å²) >= 11 is 0. The molecule has 0 saturated heterocycles. The second kappa shape index (κ2) is 6.69. The first-order valence-electron chi connectivity index (χ1n) is 7.39. The molecule has 0 unspecified atom stereocenters. The van der Waals surface area contributed by atoms with Gasteiger partial charge in [0.05, 0.1) is 29.4 Å². The molecule has 0 spiro atoms. The number of hydrogen-bond donors (Lipinski definition) is 0. The van der Waals surface area contributed by atoms with Crippen molar-refractivity contribution in [1.82, 2.24) is 9.66 Å². The van der Waals surface area contributed by atoms with E-state index in [1.165, 1.54) is 6.07 Å². The summed E-state index contributed by atoms with van der Waals surface area (Å²) in [4.78, 5) is 3.99. The summed E-state index contributed by atoms with van der Waals surface area (Å²) in [5, 5.41) is 10.7. The summed E-state index contributed by atoms with van der Waals surface area (Å²) in [5.41, 5.74) is 1.06. The van der Waals surface area contributed by atoms with E-state index in [1.54, 1.807) is 58.7 Å². The Labute approximate surface area is 142 Å². The van der Waals surface area contributed by atoms with Crippen LogP contribution in [0.2, 0.25) is 0 Å². The molecule has 3 aromatic rings. The van der Waals surface area contributed by atoms with Gasteiger partial charge in [0.25, 0.3) is 0 Å². The van der Waals surface area contributed by atoms with E-state index >= 15 is 0 Å². The third-order valence-corrected chi connectivity index (χ3v) is 3.65. The molecular formula is C18H13F3N4. The van der Waals surface area contributed by atoms with E-state index < -0.39 is 11.7 Å². The van der Waals surface area contributed by atoms with Gasteiger partial charge >= 0.3 is 6.18 Å². The Kier molecular flexibility index (Phi) is 4.44. The lowest BCUT2D eigenvalue weighted by Gasteiger charge is -2.26. The number of halogens is 3. The van der Waals surface area contributed by atoms with Gasteiger partial charge < -0.3 is 0 Å². The van der Waals surface area contributed by atoms with Gasteiger partial charge in [-0.3, -0.25) is 5.01 Å². The molecule has 0 aliphatic rings. The minimum absolute atomic E-state index is 0.214. The first kappa shape index (κ1) is 16.6. The van der Waals surface area contributed by atoms with Crippen molar-refractivity contribution in [2.75, 3.05) is 5.01 Å². The standard InChI is InChI=1S/C18H13F3N4/c19-18(20,21)16-3-1-2-15(10-16)12-25(24-9-8-23-13-24)17-6-4-14(11-22)5-7-17/h1-10,13H,12H2. The van der Waals surface area contributed by atoms with Crippen LogP contribution in [0, 0.1) is 11.3 Å². The number of rotatable bonds is 4. The van der Waals surface area contributed by atoms with Crippen LogP contribution in [0.15, 0.2) is 67.3 Å². The molecule has 3 rings (SSSR count). The second-order valence-corrected chi connectivity index (χ2v) is 5.36. The molecule has 0 atom stereocenters. The van der Waals surface area contributed by atoms with Crippen molar-refractivity contribution in [3.8, 4) is 6.07 Å². The zero-order valence-corrected chi connectivity index (χ0v) is 13.0. The van der Waals surface area contributed by atoms with Gasteiger partial charge in [0.15, 0.2) is 0 Å². The Bertz CT molecular complexity index is 878. The summed E-state index contributed by atoms with van der Waals surface area (Å²) in [6, 6.07) is 14.1. The highest BCUT2D eigenvalue weighted by molar-refractivity contribution is 5.50. The third-order valence-electron chi connectivity index (χ3n) is 3.65. The van der Waals surface area contributed by atoms with E-state index in [0.29, 0.717) is 11.1 Å². The molecule has 126 valence electrons. The van der Waals surface area contributed by atoms with Crippen LogP contribution >= 0.6 is 0 Å². The molecular weight excluding hydrogens is 329 g/mol. The number of nitriles is 1. The van der Waals surface area contributed by atoms with Gasteiger partial charge in [-0.25, -0.2) is 9.66 Å². The number of benzene rings is 2. The molecule has 7 heteroatoms. The Hall–Kier alpha value is -3.27. The predicted molar refractivity (Wildman–Crippen MR) is 86.4 cm³/mol. The molecule has 4 nitrogen and oxygen atoms in total. The Morgan fingerprint density at radius 2 is 1.88 bits per heavy atom. The second-order valence-electron chi connectivity index (χ2n) is 5.36. The summed E-state index contributed by atoms with van der Waals surface area (Å²) in [5.74, 6) is 0. The monoisotopic (exact) mass is 342 g/mol. The Balaban J connectivity index is 1.95. The topological polar surface area (TPSA) is 44.9 Å². The van der Waals surface area contributed by atoms with E-state index in [4.69, 9.17) is 5.26 Å². The quantitative estimate of drug-likeness (QED) is 0.712. The highest BCUT2D eigenvalue weighted by Crippen LogP contribution is 2.30. The molecule has 0 radical (unpaired) electrons. The van der Waals surface area contributed by atoms with Crippen molar-refractivity contribution >= 4 is 5.69 Å². The van der Waals surface area contributed by atoms with Crippen LogP contribution in [0.3, 0.4) is 0 Å². The summed E-state index contributed by atoms with van der Waals surface area (Å²) < 4.78 is 40.5. The van der Waals surface area contributed by atoms with Crippen molar-refractivity contribution in [1.29, 1.82) is 5.26 Å². The largest absolute Gasteiger partial charge is 0.416 e. The van der Waals surface area contributed by atoms with E-state index in [1.807, 2.05) is 6.07 Å². The molecule has 2 aromatic carbocycles. The fraction of sp³-hybridized carbons (Fsp3) is 0.111. The maximum Gasteiger partial charge on any atom is 0.416 e.